The van der Waals surface area contributed by atoms with E-state index in [-0.39, 0.29) is 0 Å². The van der Waals surface area contributed by atoms with Gasteiger partial charge < -0.3 is 10.6 Å². The summed E-state index contributed by atoms with van der Waals surface area (Å²) in [5.74, 6) is 0.897. The van der Waals surface area contributed by atoms with Crippen molar-refractivity contribution in [2.75, 3.05) is 27.2 Å². The fourth-order valence-electron chi connectivity index (χ4n) is 3.98. The smallest absolute Gasteiger partial charge is 0.191 e. The van der Waals surface area contributed by atoms with Gasteiger partial charge in [-0.2, -0.15) is 0 Å². The highest BCUT2D eigenvalue weighted by atomic mass is 15.2. The minimum absolute atomic E-state index is 0.473. The molecule has 0 unspecified atom stereocenters. The van der Waals surface area contributed by atoms with E-state index in [4.69, 9.17) is 0 Å². The highest BCUT2D eigenvalue weighted by Crippen LogP contribution is 2.15. The zero-order chi connectivity index (χ0) is 22.1. The van der Waals surface area contributed by atoms with Crippen LogP contribution in [0.25, 0.3) is 0 Å². The molecule has 0 atom stereocenters. The third-order valence-corrected chi connectivity index (χ3v) is 6.27. The van der Waals surface area contributed by atoms with Crippen molar-refractivity contribution >= 4 is 5.96 Å². The lowest BCUT2D eigenvalue weighted by molar-refractivity contribution is 0.198. The van der Waals surface area contributed by atoms with Gasteiger partial charge in [0.25, 0.3) is 0 Å². The van der Waals surface area contributed by atoms with E-state index in [0.717, 1.165) is 51.5 Å². The molecule has 0 aliphatic carbocycles. The maximum Gasteiger partial charge on any atom is 0.191 e. The van der Waals surface area contributed by atoms with E-state index in [1.54, 1.807) is 0 Å². The Morgan fingerprint density at radius 2 is 1.68 bits per heavy atom. The molecule has 0 saturated carbocycles. The number of benzene rings is 2. The van der Waals surface area contributed by atoms with Gasteiger partial charge in [0.2, 0.25) is 0 Å². The standard InChI is InChI=1S/C26H39N5/c1-21(2)30(4)20-24-13-9-8-12-23(24)18-28-26(27-3)29-25-14-16-31(17-15-25)19-22-10-6-5-7-11-22/h5-13,21,25H,14-20H2,1-4H3,(H2,27,28,29). The predicted octanol–water partition coefficient (Wildman–Crippen LogP) is 3.86. The van der Waals surface area contributed by atoms with E-state index in [1.807, 2.05) is 7.05 Å². The molecule has 2 aromatic carbocycles. The summed E-state index contributed by atoms with van der Waals surface area (Å²) in [6.07, 6.45) is 2.28. The Bertz CT molecular complexity index is 810. The average Bonchev–Trinajstić information content (AvgIpc) is 2.79. The zero-order valence-electron chi connectivity index (χ0n) is 19.6. The molecule has 1 heterocycles. The van der Waals surface area contributed by atoms with Gasteiger partial charge in [0.15, 0.2) is 5.96 Å². The third kappa shape index (κ3) is 7.37. The highest BCUT2D eigenvalue weighted by molar-refractivity contribution is 5.80. The van der Waals surface area contributed by atoms with Crippen molar-refractivity contribution in [2.45, 2.75) is 58.4 Å². The number of aliphatic imine (C=N–C) groups is 1. The van der Waals surface area contributed by atoms with Crippen LogP contribution in [0, 0.1) is 0 Å². The Kier molecular flexibility index (Phi) is 8.92. The number of nitrogens with zero attached hydrogens (tertiary/aromatic N) is 3. The van der Waals surface area contributed by atoms with Crippen LogP contribution in [0.15, 0.2) is 59.6 Å². The van der Waals surface area contributed by atoms with E-state index in [1.165, 1.54) is 16.7 Å². The second kappa shape index (κ2) is 11.9. The molecule has 0 amide bonds. The Morgan fingerprint density at radius 3 is 2.32 bits per heavy atom. The lowest BCUT2D eigenvalue weighted by Crippen LogP contribution is -2.48. The monoisotopic (exact) mass is 421 g/mol. The van der Waals surface area contributed by atoms with Gasteiger partial charge in [0, 0.05) is 51.9 Å². The molecule has 5 nitrogen and oxygen atoms in total. The number of hydrogen-bond donors (Lipinski definition) is 2. The summed E-state index contributed by atoms with van der Waals surface area (Å²) in [5.41, 5.74) is 4.10. The summed E-state index contributed by atoms with van der Waals surface area (Å²) in [6, 6.07) is 20.5. The van der Waals surface area contributed by atoms with Crippen molar-refractivity contribution in [3.63, 3.8) is 0 Å². The first-order chi connectivity index (χ1) is 15.0. The van der Waals surface area contributed by atoms with E-state index >= 15 is 0 Å². The Labute approximate surface area is 188 Å². The second-order valence-electron chi connectivity index (χ2n) is 8.88. The first-order valence-electron chi connectivity index (χ1n) is 11.6. The Balaban J connectivity index is 1.46. The van der Waals surface area contributed by atoms with E-state index < -0.39 is 0 Å². The van der Waals surface area contributed by atoms with Crippen LogP contribution in [0.4, 0.5) is 0 Å². The largest absolute Gasteiger partial charge is 0.354 e. The van der Waals surface area contributed by atoms with Crippen LogP contribution in [0.5, 0.6) is 0 Å². The first kappa shape index (κ1) is 23.3. The average molecular weight is 422 g/mol. The van der Waals surface area contributed by atoms with Crippen molar-refractivity contribution in [3.05, 3.63) is 71.3 Å². The molecule has 0 spiro atoms. The molecule has 2 N–H and O–H groups in total. The minimum Gasteiger partial charge on any atom is -0.354 e. The van der Waals surface area contributed by atoms with Crippen LogP contribution in [0.1, 0.15) is 43.4 Å². The molecule has 0 aromatic heterocycles. The van der Waals surface area contributed by atoms with E-state index in [2.05, 4.69) is 101 Å². The summed E-state index contributed by atoms with van der Waals surface area (Å²) in [5, 5.41) is 7.17. The van der Waals surface area contributed by atoms with Crippen LogP contribution in [0.3, 0.4) is 0 Å². The summed E-state index contributed by atoms with van der Waals surface area (Å²) in [7, 11) is 4.04. The molecule has 3 rings (SSSR count). The first-order valence-corrected chi connectivity index (χ1v) is 11.6. The number of rotatable bonds is 8. The summed E-state index contributed by atoms with van der Waals surface area (Å²) >= 11 is 0. The number of guanidine groups is 1. The van der Waals surface area contributed by atoms with Crippen molar-refractivity contribution in [1.82, 2.24) is 20.4 Å². The Hall–Kier alpha value is -2.37. The maximum atomic E-state index is 4.47. The third-order valence-electron chi connectivity index (χ3n) is 6.27. The van der Waals surface area contributed by atoms with Gasteiger partial charge in [-0.3, -0.25) is 14.8 Å². The van der Waals surface area contributed by atoms with E-state index in [0.29, 0.717) is 12.1 Å². The number of likely N-dealkylation sites (tertiary alicyclic amines) is 1. The van der Waals surface area contributed by atoms with Gasteiger partial charge >= 0.3 is 0 Å². The summed E-state index contributed by atoms with van der Waals surface area (Å²) in [6.45, 7) is 9.50. The molecular weight excluding hydrogens is 382 g/mol. The molecule has 0 radical (unpaired) electrons. The summed E-state index contributed by atoms with van der Waals surface area (Å²) in [4.78, 5) is 9.39. The minimum atomic E-state index is 0.473. The van der Waals surface area contributed by atoms with Gasteiger partial charge in [-0.25, -0.2) is 0 Å². The van der Waals surface area contributed by atoms with Crippen LogP contribution >= 0.6 is 0 Å². The van der Waals surface area contributed by atoms with Gasteiger partial charge in [-0.1, -0.05) is 54.6 Å². The van der Waals surface area contributed by atoms with Crippen LogP contribution in [-0.4, -0.2) is 55.0 Å². The SMILES string of the molecule is CN=C(NCc1ccccc1CN(C)C(C)C)NC1CCN(Cc2ccccc2)CC1. The fraction of sp³-hybridized carbons (Fsp3) is 0.500. The van der Waals surface area contributed by atoms with Gasteiger partial charge in [-0.15, -0.1) is 0 Å². The maximum absolute atomic E-state index is 4.47. The molecular formula is C26H39N5. The zero-order valence-corrected chi connectivity index (χ0v) is 19.6. The quantitative estimate of drug-likeness (QED) is 0.502. The molecule has 1 saturated heterocycles. The van der Waals surface area contributed by atoms with E-state index in [9.17, 15) is 0 Å². The van der Waals surface area contributed by atoms with Crippen LogP contribution in [0.2, 0.25) is 0 Å². The molecule has 1 fully saturated rings. The van der Waals surface area contributed by atoms with Crippen molar-refractivity contribution < 1.29 is 0 Å². The normalized spacial score (nSPS) is 16.1. The van der Waals surface area contributed by atoms with Gasteiger partial charge in [-0.05, 0) is 50.4 Å². The molecule has 5 heteroatoms. The van der Waals surface area contributed by atoms with Crippen molar-refractivity contribution in [2.24, 2.45) is 4.99 Å². The highest BCUT2D eigenvalue weighted by Gasteiger charge is 2.20. The van der Waals surface area contributed by atoms with Gasteiger partial charge in [0.05, 0.1) is 0 Å². The summed E-state index contributed by atoms with van der Waals surface area (Å²) < 4.78 is 0. The molecule has 168 valence electrons. The molecule has 31 heavy (non-hydrogen) atoms. The van der Waals surface area contributed by atoms with Crippen molar-refractivity contribution in [3.8, 4) is 0 Å². The number of piperidine rings is 1. The lowest BCUT2D eigenvalue weighted by atomic mass is 10.0. The molecule has 2 aromatic rings. The van der Waals surface area contributed by atoms with Gasteiger partial charge in [0.1, 0.15) is 0 Å². The lowest BCUT2D eigenvalue weighted by Gasteiger charge is -2.33. The van der Waals surface area contributed by atoms with Crippen LogP contribution in [-0.2, 0) is 19.6 Å². The number of nitrogens with one attached hydrogen (secondary N) is 2. The van der Waals surface area contributed by atoms with Crippen LogP contribution < -0.4 is 10.6 Å². The topological polar surface area (TPSA) is 42.9 Å². The number of hydrogen-bond acceptors (Lipinski definition) is 3. The second-order valence-corrected chi connectivity index (χ2v) is 8.88. The molecule has 1 aliphatic rings. The fourth-order valence-corrected chi connectivity index (χ4v) is 3.98. The molecule has 1 aliphatic heterocycles. The molecule has 0 bridgehead atoms. The Morgan fingerprint density at radius 1 is 1.03 bits per heavy atom. The predicted molar refractivity (Wildman–Crippen MR) is 131 cm³/mol. The van der Waals surface area contributed by atoms with Crippen molar-refractivity contribution in [1.29, 1.82) is 0 Å².